The molecule has 4 nitrogen and oxygen atoms in total. The minimum absolute atomic E-state index is 0.341. The van der Waals surface area contributed by atoms with Gasteiger partial charge in [-0.05, 0) is 31.0 Å². The summed E-state index contributed by atoms with van der Waals surface area (Å²) in [5.74, 6) is 0.341. The Balaban J connectivity index is 2.21. The van der Waals surface area contributed by atoms with Crippen molar-refractivity contribution in [3.05, 3.63) is 40.0 Å². The standard InChI is InChI=1S/C16H16N4S/c1-9(2)15-19-20-13(8-17)14(18-16(20)21-15)12-6-5-10(3)11(4)7-12/h5-7,9H,1-4H3. The van der Waals surface area contributed by atoms with Crippen molar-refractivity contribution in [2.24, 2.45) is 0 Å². The summed E-state index contributed by atoms with van der Waals surface area (Å²) in [6.45, 7) is 8.33. The number of rotatable bonds is 2. The van der Waals surface area contributed by atoms with Gasteiger partial charge < -0.3 is 0 Å². The number of aryl methyl sites for hydroxylation is 2. The van der Waals surface area contributed by atoms with Crippen LogP contribution >= 0.6 is 11.3 Å². The molecule has 3 aromatic rings. The molecule has 0 amide bonds. The Kier molecular flexibility index (Phi) is 3.26. The number of aromatic nitrogens is 3. The first-order valence-corrected chi connectivity index (χ1v) is 7.70. The summed E-state index contributed by atoms with van der Waals surface area (Å²) >= 11 is 1.55. The summed E-state index contributed by atoms with van der Waals surface area (Å²) in [5, 5.41) is 15.0. The molecule has 2 heterocycles. The third-order valence-corrected chi connectivity index (χ3v) is 4.81. The van der Waals surface area contributed by atoms with Gasteiger partial charge in [-0.1, -0.05) is 37.3 Å². The minimum atomic E-state index is 0.341. The molecule has 3 rings (SSSR count). The van der Waals surface area contributed by atoms with E-state index in [1.807, 2.05) is 6.07 Å². The molecule has 0 aliphatic heterocycles. The van der Waals surface area contributed by atoms with Crippen LogP contribution in [0, 0.1) is 25.2 Å². The lowest BCUT2D eigenvalue weighted by atomic mass is 10.0. The molecule has 0 saturated carbocycles. The van der Waals surface area contributed by atoms with Crippen LogP contribution in [0.1, 0.15) is 41.6 Å². The third-order valence-electron chi connectivity index (χ3n) is 3.60. The van der Waals surface area contributed by atoms with Crippen molar-refractivity contribution in [3.63, 3.8) is 0 Å². The van der Waals surface area contributed by atoms with Crippen LogP contribution in [0.3, 0.4) is 0 Å². The highest BCUT2D eigenvalue weighted by atomic mass is 32.1. The van der Waals surface area contributed by atoms with Gasteiger partial charge in [-0.25, -0.2) is 4.98 Å². The second kappa shape index (κ2) is 4.97. The average molecular weight is 296 g/mol. The van der Waals surface area contributed by atoms with E-state index in [-0.39, 0.29) is 0 Å². The average Bonchev–Trinajstić information content (AvgIpc) is 2.98. The third kappa shape index (κ3) is 2.22. The highest BCUT2D eigenvalue weighted by Crippen LogP contribution is 2.29. The minimum Gasteiger partial charge on any atom is -0.216 e. The monoisotopic (exact) mass is 296 g/mol. The predicted octanol–water partition coefficient (Wildman–Crippen LogP) is 4.07. The maximum absolute atomic E-state index is 9.49. The Bertz CT molecular complexity index is 864. The number of hydrogen-bond acceptors (Lipinski definition) is 4. The van der Waals surface area contributed by atoms with Crippen molar-refractivity contribution in [2.45, 2.75) is 33.6 Å². The molecule has 0 N–H and O–H groups in total. The number of fused-ring (bicyclic) bond motifs is 1. The molecule has 0 unspecified atom stereocenters. The molecule has 106 valence electrons. The van der Waals surface area contributed by atoms with E-state index < -0.39 is 0 Å². The largest absolute Gasteiger partial charge is 0.216 e. The first-order chi connectivity index (χ1) is 10.0. The zero-order chi connectivity index (χ0) is 15.1. The van der Waals surface area contributed by atoms with Crippen molar-refractivity contribution >= 4 is 16.3 Å². The summed E-state index contributed by atoms with van der Waals surface area (Å²) in [4.78, 5) is 5.41. The van der Waals surface area contributed by atoms with Gasteiger partial charge in [0.05, 0.1) is 0 Å². The van der Waals surface area contributed by atoms with Gasteiger partial charge in [0.1, 0.15) is 16.8 Å². The van der Waals surface area contributed by atoms with Gasteiger partial charge in [-0.3, -0.25) is 0 Å². The number of imidazole rings is 1. The molecule has 0 bridgehead atoms. The molecule has 0 fully saturated rings. The smallest absolute Gasteiger partial charge is 0.214 e. The summed E-state index contributed by atoms with van der Waals surface area (Å²) in [6.07, 6.45) is 0. The van der Waals surface area contributed by atoms with Crippen molar-refractivity contribution < 1.29 is 0 Å². The lowest BCUT2D eigenvalue weighted by Crippen LogP contribution is -1.94. The Hall–Kier alpha value is -2.19. The van der Waals surface area contributed by atoms with E-state index >= 15 is 0 Å². The maximum atomic E-state index is 9.49. The Labute approximate surface area is 127 Å². The van der Waals surface area contributed by atoms with Crippen LogP contribution in [0.4, 0.5) is 0 Å². The highest BCUT2D eigenvalue weighted by molar-refractivity contribution is 7.16. The molecule has 0 atom stereocenters. The van der Waals surface area contributed by atoms with Crippen molar-refractivity contribution in [1.82, 2.24) is 14.6 Å². The number of nitrogens with zero attached hydrogens (tertiary/aromatic N) is 4. The Morgan fingerprint density at radius 2 is 2.00 bits per heavy atom. The number of benzene rings is 1. The second-order valence-electron chi connectivity index (χ2n) is 5.51. The maximum Gasteiger partial charge on any atom is 0.214 e. The fourth-order valence-electron chi connectivity index (χ4n) is 2.19. The lowest BCUT2D eigenvalue weighted by Gasteiger charge is -2.03. The van der Waals surface area contributed by atoms with Crippen LogP contribution < -0.4 is 0 Å². The fraction of sp³-hybridized carbons (Fsp3) is 0.312. The molecule has 0 spiro atoms. The molecule has 0 saturated heterocycles. The Morgan fingerprint density at radius 3 is 2.62 bits per heavy atom. The molecular weight excluding hydrogens is 280 g/mol. The number of hydrogen-bond donors (Lipinski definition) is 0. The van der Waals surface area contributed by atoms with E-state index in [1.54, 1.807) is 15.9 Å². The summed E-state index contributed by atoms with van der Waals surface area (Å²) < 4.78 is 1.67. The zero-order valence-corrected chi connectivity index (χ0v) is 13.3. The van der Waals surface area contributed by atoms with E-state index in [2.05, 4.69) is 56.0 Å². The van der Waals surface area contributed by atoms with Gasteiger partial charge in [0.15, 0.2) is 5.69 Å². The van der Waals surface area contributed by atoms with E-state index in [4.69, 9.17) is 0 Å². The number of nitriles is 1. The first-order valence-electron chi connectivity index (χ1n) is 6.88. The lowest BCUT2D eigenvalue weighted by molar-refractivity contribution is 0.798. The molecule has 1 aromatic carbocycles. The van der Waals surface area contributed by atoms with Gasteiger partial charge in [-0.2, -0.15) is 14.9 Å². The highest BCUT2D eigenvalue weighted by Gasteiger charge is 2.19. The predicted molar refractivity (Wildman–Crippen MR) is 84.6 cm³/mol. The van der Waals surface area contributed by atoms with Crippen LogP contribution in [0.15, 0.2) is 18.2 Å². The molecule has 21 heavy (non-hydrogen) atoms. The molecular formula is C16H16N4S. The molecule has 5 heteroatoms. The fourth-order valence-corrected chi connectivity index (χ4v) is 3.09. The van der Waals surface area contributed by atoms with E-state index in [1.165, 1.54) is 11.1 Å². The van der Waals surface area contributed by atoms with Crippen LogP contribution in [0.2, 0.25) is 0 Å². The van der Waals surface area contributed by atoms with Gasteiger partial charge >= 0.3 is 0 Å². The van der Waals surface area contributed by atoms with Gasteiger partial charge in [-0.15, -0.1) is 0 Å². The summed E-state index contributed by atoms with van der Waals surface area (Å²) in [6, 6.07) is 8.40. The van der Waals surface area contributed by atoms with Gasteiger partial charge in [0.25, 0.3) is 0 Å². The van der Waals surface area contributed by atoms with Gasteiger partial charge in [0, 0.05) is 11.5 Å². The van der Waals surface area contributed by atoms with Crippen LogP contribution in [-0.2, 0) is 0 Å². The van der Waals surface area contributed by atoms with Crippen LogP contribution in [0.25, 0.3) is 16.2 Å². The van der Waals surface area contributed by atoms with E-state index in [9.17, 15) is 5.26 Å². The van der Waals surface area contributed by atoms with Crippen LogP contribution in [0.5, 0.6) is 0 Å². The zero-order valence-electron chi connectivity index (χ0n) is 12.5. The molecule has 2 aromatic heterocycles. The van der Waals surface area contributed by atoms with Crippen molar-refractivity contribution in [3.8, 4) is 17.3 Å². The van der Waals surface area contributed by atoms with E-state index in [0.717, 1.165) is 21.2 Å². The van der Waals surface area contributed by atoms with Gasteiger partial charge in [0.2, 0.25) is 4.96 Å². The molecule has 0 radical (unpaired) electrons. The van der Waals surface area contributed by atoms with E-state index in [0.29, 0.717) is 11.6 Å². The summed E-state index contributed by atoms with van der Waals surface area (Å²) in [5.41, 5.74) is 4.63. The quantitative estimate of drug-likeness (QED) is 0.716. The first kappa shape index (κ1) is 13.8. The normalized spacial score (nSPS) is 11.2. The van der Waals surface area contributed by atoms with Crippen LogP contribution in [-0.4, -0.2) is 14.6 Å². The molecule has 0 aliphatic rings. The van der Waals surface area contributed by atoms with Crippen molar-refractivity contribution in [1.29, 1.82) is 5.26 Å². The summed E-state index contributed by atoms with van der Waals surface area (Å²) in [7, 11) is 0. The van der Waals surface area contributed by atoms with Crippen molar-refractivity contribution in [2.75, 3.05) is 0 Å². The molecule has 0 aliphatic carbocycles. The second-order valence-corrected chi connectivity index (χ2v) is 6.50. The SMILES string of the molecule is Cc1ccc(-c2nc3sc(C(C)C)nn3c2C#N)cc1C. The Morgan fingerprint density at radius 1 is 1.24 bits per heavy atom. The topological polar surface area (TPSA) is 54.0 Å².